The maximum atomic E-state index is 13.2. The van der Waals surface area contributed by atoms with Gasteiger partial charge in [-0.2, -0.15) is 0 Å². The van der Waals surface area contributed by atoms with Gasteiger partial charge in [0, 0.05) is 12.1 Å². The second-order valence-corrected chi connectivity index (χ2v) is 3.34. The van der Waals surface area contributed by atoms with Crippen LogP contribution in [0.2, 0.25) is 0 Å². The lowest BCUT2D eigenvalue weighted by molar-refractivity contribution is -0.385. The molecule has 0 aromatic heterocycles. The molecule has 0 heterocycles. The van der Waals surface area contributed by atoms with Crippen molar-refractivity contribution in [1.82, 2.24) is 0 Å². The molecule has 14 heavy (non-hydrogen) atoms. The molecular formula is C9H9FN2O2. The molecule has 1 aliphatic rings. The molecule has 4 nitrogen and oxygen atoms in total. The first-order valence-corrected chi connectivity index (χ1v) is 4.37. The van der Waals surface area contributed by atoms with Crippen molar-refractivity contribution in [2.24, 2.45) is 0 Å². The summed E-state index contributed by atoms with van der Waals surface area (Å²) in [6.07, 6.45) is 2.08. The van der Waals surface area contributed by atoms with Gasteiger partial charge in [-0.3, -0.25) is 10.1 Å². The third-order valence-electron chi connectivity index (χ3n) is 2.10. The number of anilines is 1. The summed E-state index contributed by atoms with van der Waals surface area (Å²) in [7, 11) is 0. The van der Waals surface area contributed by atoms with Gasteiger partial charge in [-0.05, 0) is 18.9 Å². The van der Waals surface area contributed by atoms with E-state index in [0.717, 1.165) is 18.9 Å². The van der Waals surface area contributed by atoms with Crippen LogP contribution in [-0.2, 0) is 0 Å². The summed E-state index contributed by atoms with van der Waals surface area (Å²) in [5.41, 5.74) is 0.127. The van der Waals surface area contributed by atoms with Crippen molar-refractivity contribution in [3.05, 3.63) is 34.1 Å². The van der Waals surface area contributed by atoms with Gasteiger partial charge >= 0.3 is 0 Å². The Hall–Kier alpha value is -1.65. The van der Waals surface area contributed by atoms with Crippen molar-refractivity contribution in [2.75, 3.05) is 5.32 Å². The second kappa shape index (κ2) is 3.25. The molecule has 1 aliphatic carbocycles. The van der Waals surface area contributed by atoms with Crippen LogP contribution in [0, 0.1) is 15.9 Å². The summed E-state index contributed by atoms with van der Waals surface area (Å²) in [5.74, 6) is -0.564. The van der Waals surface area contributed by atoms with Crippen LogP contribution < -0.4 is 5.32 Å². The van der Waals surface area contributed by atoms with E-state index >= 15 is 0 Å². The smallest absolute Gasteiger partial charge is 0.272 e. The summed E-state index contributed by atoms with van der Waals surface area (Å²) in [6, 6.07) is 3.98. The molecule has 0 spiro atoms. The van der Waals surface area contributed by atoms with Gasteiger partial charge in [0.15, 0.2) is 5.82 Å². The fourth-order valence-electron chi connectivity index (χ4n) is 1.18. The Balaban J connectivity index is 2.21. The molecule has 1 N–H and O–H groups in total. The second-order valence-electron chi connectivity index (χ2n) is 3.34. The van der Waals surface area contributed by atoms with Gasteiger partial charge in [0.2, 0.25) is 0 Å². The van der Waals surface area contributed by atoms with E-state index in [4.69, 9.17) is 0 Å². The number of halogens is 1. The molecule has 0 atom stereocenters. The predicted octanol–water partition coefficient (Wildman–Crippen LogP) is 2.31. The molecule has 0 bridgehead atoms. The Morgan fingerprint density at radius 1 is 1.50 bits per heavy atom. The summed E-state index contributed by atoms with van der Waals surface area (Å²) < 4.78 is 13.2. The predicted molar refractivity (Wildman–Crippen MR) is 49.7 cm³/mol. The maximum absolute atomic E-state index is 13.2. The maximum Gasteiger partial charge on any atom is 0.272 e. The molecule has 0 aliphatic heterocycles. The molecule has 0 unspecified atom stereocenters. The average Bonchev–Trinajstić information content (AvgIpc) is 2.92. The molecule has 0 radical (unpaired) electrons. The van der Waals surface area contributed by atoms with Crippen molar-refractivity contribution >= 4 is 11.4 Å². The molecule has 0 amide bonds. The number of benzene rings is 1. The van der Waals surface area contributed by atoms with Crippen LogP contribution in [-0.4, -0.2) is 11.0 Å². The van der Waals surface area contributed by atoms with Gasteiger partial charge in [0.25, 0.3) is 5.69 Å². The SMILES string of the molecule is O=[N+]([O-])c1ccc(NC2CC2)c(F)c1. The van der Waals surface area contributed by atoms with E-state index in [1.807, 2.05) is 0 Å². The highest BCUT2D eigenvalue weighted by Crippen LogP contribution is 2.27. The summed E-state index contributed by atoms with van der Waals surface area (Å²) in [4.78, 5) is 9.71. The van der Waals surface area contributed by atoms with E-state index in [9.17, 15) is 14.5 Å². The minimum absolute atomic E-state index is 0.219. The first-order valence-electron chi connectivity index (χ1n) is 4.37. The Kier molecular flexibility index (Phi) is 2.07. The fourth-order valence-corrected chi connectivity index (χ4v) is 1.18. The van der Waals surface area contributed by atoms with Crippen molar-refractivity contribution in [3.63, 3.8) is 0 Å². The zero-order valence-electron chi connectivity index (χ0n) is 7.37. The molecule has 1 aromatic rings. The molecule has 74 valence electrons. The first-order chi connectivity index (χ1) is 6.66. The zero-order valence-corrected chi connectivity index (χ0v) is 7.37. The number of non-ortho nitro benzene ring substituents is 1. The number of hydrogen-bond acceptors (Lipinski definition) is 3. The van der Waals surface area contributed by atoms with Gasteiger partial charge in [-0.1, -0.05) is 0 Å². The number of nitro groups is 1. The molecule has 5 heteroatoms. The van der Waals surface area contributed by atoms with Gasteiger partial charge in [0.05, 0.1) is 16.7 Å². The molecule has 1 aromatic carbocycles. The van der Waals surface area contributed by atoms with Crippen molar-refractivity contribution in [3.8, 4) is 0 Å². The number of hydrogen-bond donors (Lipinski definition) is 1. The van der Waals surface area contributed by atoms with Crippen LogP contribution in [0.4, 0.5) is 15.8 Å². The van der Waals surface area contributed by atoms with Gasteiger partial charge < -0.3 is 5.32 Å². The third-order valence-corrected chi connectivity index (χ3v) is 2.10. The van der Waals surface area contributed by atoms with E-state index in [0.29, 0.717) is 11.7 Å². The minimum Gasteiger partial charge on any atom is -0.380 e. The Bertz CT molecular complexity index is 377. The lowest BCUT2D eigenvalue weighted by atomic mass is 10.2. The van der Waals surface area contributed by atoms with Crippen molar-refractivity contribution in [1.29, 1.82) is 0 Å². The van der Waals surface area contributed by atoms with Crippen LogP contribution in [0.5, 0.6) is 0 Å². The highest BCUT2D eigenvalue weighted by Gasteiger charge is 2.22. The van der Waals surface area contributed by atoms with E-state index in [2.05, 4.69) is 5.32 Å². The number of nitro benzene ring substituents is 1. The molecule has 1 saturated carbocycles. The summed E-state index contributed by atoms with van der Waals surface area (Å²) in [6.45, 7) is 0. The van der Waals surface area contributed by atoms with Crippen LogP contribution in [0.15, 0.2) is 18.2 Å². The highest BCUT2D eigenvalue weighted by atomic mass is 19.1. The normalized spacial score (nSPS) is 15.2. The van der Waals surface area contributed by atoms with Crippen molar-refractivity contribution in [2.45, 2.75) is 18.9 Å². The summed E-state index contributed by atoms with van der Waals surface area (Å²) in [5, 5.41) is 13.3. The number of nitrogens with one attached hydrogen (secondary N) is 1. The highest BCUT2D eigenvalue weighted by molar-refractivity contribution is 5.51. The van der Waals surface area contributed by atoms with Crippen LogP contribution in [0.25, 0.3) is 0 Å². The third kappa shape index (κ3) is 1.81. The Morgan fingerprint density at radius 3 is 2.71 bits per heavy atom. The van der Waals surface area contributed by atoms with E-state index in [1.165, 1.54) is 12.1 Å². The lowest BCUT2D eigenvalue weighted by Gasteiger charge is -2.04. The largest absolute Gasteiger partial charge is 0.380 e. The molecule has 1 fully saturated rings. The fraction of sp³-hybridized carbons (Fsp3) is 0.333. The number of rotatable bonds is 3. The molecule has 0 saturated heterocycles. The molecular weight excluding hydrogens is 187 g/mol. The topological polar surface area (TPSA) is 55.2 Å². The van der Waals surface area contributed by atoms with Crippen LogP contribution >= 0.6 is 0 Å². The van der Waals surface area contributed by atoms with Gasteiger partial charge in [0.1, 0.15) is 0 Å². The minimum atomic E-state index is -0.607. The van der Waals surface area contributed by atoms with Gasteiger partial charge in [-0.25, -0.2) is 4.39 Å². The Labute approximate surface area is 79.9 Å². The standard InChI is InChI=1S/C9H9FN2O2/c10-8-5-7(12(13)14)3-4-9(8)11-6-1-2-6/h3-6,11H,1-2H2. The monoisotopic (exact) mass is 196 g/mol. The molecule has 2 rings (SSSR count). The summed E-state index contributed by atoms with van der Waals surface area (Å²) >= 11 is 0. The first kappa shape index (κ1) is 8.93. The van der Waals surface area contributed by atoms with Crippen LogP contribution in [0.3, 0.4) is 0 Å². The van der Waals surface area contributed by atoms with E-state index in [1.54, 1.807) is 0 Å². The quantitative estimate of drug-likeness (QED) is 0.596. The lowest BCUT2D eigenvalue weighted by Crippen LogP contribution is -2.03. The zero-order chi connectivity index (χ0) is 10.1. The number of nitrogens with zero attached hydrogens (tertiary/aromatic N) is 1. The van der Waals surface area contributed by atoms with E-state index < -0.39 is 10.7 Å². The Morgan fingerprint density at radius 2 is 2.21 bits per heavy atom. The van der Waals surface area contributed by atoms with Crippen LogP contribution in [0.1, 0.15) is 12.8 Å². The van der Waals surface area contributed by atoms with Crippen molar-refractivity contribution < 1.29 is 9.31 Å². The van der Waals surface area contributed by atoms with Gasteiger partial charge in [-0.15, -0.1) is 0 Å². The van der Waals surface area contributed by atoms with E-state index in [-0.39, 0.29) is 5.69 Å². The average molecular weight is 196 g/mol.